The van der Waals surface area contributed by atoms with Gasteiger partial charge in [-0.3, -0.25) is 0 Å². The zero-order valence-electron chi connectivity index (χ0n) is 9.62. The molecule has 2 aromatic carbocycles. The van der Waals surface area contributed by atoms with Gasteiger partial charge in [0.05, 0.1) is 0 Å². The molecule has 0 bridgehead atoms. The second-order valence-corrected chi connectivity index (χ2v) is 7.09. The van der Waals surface area contributed by atoms with E-state index < -0.39 is 0 Å². The van der Waals surface area contributed by atoms with Crippen LogP contribution in [0, 0.1) is 0 Å². The number of aliphatic hydroxyl groups is 1. The fourth-order valence-corrected chi connectivity index (χ4v) is 4.09. The normalized spacial score (nSPS) is 12.3. The molecule has 2 aromatic rings. The van der Waals surface area contributed by atoms with Crippen molar-refractivity contribution < 1.29 is 5.11 Å². The number of aliphatic hydroxyl groups excluding tert-OH is 1. The van der Waals surface area contributed by atoms with E-state index in [1.165, 1.54) is 9.17 Å². The summed E-state index contributed by atoms with van der Waals surface area (Å²) in [6, 6.07) is 20.7. The van der Waals surface area contributed by atoms with Gasteiger partial charge in [-0.1, -0.05) is 0 Å². The van der Waals surface area contributed by atoms with Gasteiger partial charge >= 0.3 is 113 Å². The van der Waals surface area contributed by atoms with Gasteiger partial charge < -0.3 is 0 Å². The fraction of sp³-hybridized carbons (Fsp3) is 0.200. The predicted molar refractivity (Wildman–Crippen MR) is 72.8 cm³/mol. The van der Waals surface area contributed by atoms with Gasteiger partial charge in [0, 0.05) is 0 Å². The molecule has 0 aliphatic carbocycles. The molecule has 0 fully saturated rings. The van der Waals surface area contributed by atoms with Crippen LogP contribution >= 0.6 is 0 Å². The monoisotopic (exact) mass is 342 g/mol. The maximum atomic E-state index is 10.00. The Kier molecular flexibility index (Phi) is 5.07. The Balaban J connectivity index is 1.80. The first kappa shape index (κ1) is 12.6. The average molecular weight is 340 g/mol. The van der Waals surface area contributed by atoms with Crippen molar-refractivity contribution in [3.05, 3.63) is 66.2 Å². The minimum absolute atomic E-state index is 0.194. The van der Waals surface area contributed by atoms with Crippen LogP contribution < -0.4 is 3.61 Å². The Hall–Kier alpha value is -0.810. The molecule has 0 aliphatic heterocycles. The number of rotatable bonds is 5. The first-order chi connectivity index (χ1) is 8.34. The summed E-state index contributed by atoms with van der Waals surface area (Å²) in [6.07, 6.45) is 0.582. The molecule has 1 nitrogen and oxygen atoms in total. The van der Waals surface area contributed by atoms with E-state index in [0.29, 0.717) is 0 Å². The van der Waals surface area contributed by atoms with Crippen LogP contribution in [0.2, 0.25) is 4.47 Å². The summed E-state index contributed by atoms with van der Waals surface area (Å²) in [6.45, 7) is 0. The number of benzene rings is 2. The predicted octanol–water partition coefficient (Wildman–Crippen LogP) is 2.04. The van der Waals surface area contributed by atoms with Gasteiger partial charge in [-0.25, -0.2) is 0 Å². The Morgan fingerprint density at radius 3 is 2.12 bits per heavy atom. The van der Waals surface area contributed by atoms with E-state index in [2.05, 4.69) is 36.4 Å². The Labute approximate surface area is 113 Å². The van der Waals surface area contributed by atoms with Crippen LogP contribution in [0.1, 0.15) is 5.56 Å². The summed E-state index contributed by atoms with van der Waals surface area (Å²) >= 11 is -0.244. The third-order valence-electron chi connectivity index (χ3n) is 2.50. The second-order valence-electron chi connectivity index (χ2n) is 3.97. The minimum atomic E-state index is -0.244. The molecule has 0 aromatic heterocycles. The molecular weight excluding hydrogens is 324 g/mol. The average Bonchev–Trinajstić information content (AvgIpc) is 2.39. The molecule has 0 saturated carbocycles. The van der Waals surface area contributed by atoms with Crippen LogP contribution in [0.5, 0.6) is 0 Å². The van der Waals surface area contributed by atoms with Crippen molar-refractivity contribution in [2.45, 2.75) is 17.0 Å². The molecule has 2 heteroatoms. The van der Waals surface area contributed by atoms with Crippen molar-refractivity contribution in [1.29, 1.82) is 0 Å². The van der Waals surface area contributed by atoms with Crippen LogP contribution in [0.3, 0.4) is 0 Å². The zero-order chi connectivity index (χ0) is 11.9. The van der Waals surface area contributed by atoms with Crippen molar-refractivity contribution in [1.82, 2.24) is 0 Å². The molecule has 17 heavy (non-hydrogen) atoms. The SMILES string of the molecule is OC(C[Te]c1ccccc1)Cc1ccccc1. The Morgan fingerprint density at radius 2 is 1.47 bits per heavy atom. The van der Waals surface area contributed by atoms with Crippen molar-refractivity contribution in [2.75, 3.05) is 0 Å². The van der Waals surface area contributed by atoms with Crippen LogP contribution in [-0.4, -0.2) is 32.1 Å². The molecule has 0 radical (unpaired) electrons. The van der Waals surface area contributed by atoms with Gasteiger partial charge in [0.2, 0.25) is 0 Å². The van der Waals surface area contributed by atoms with E-state index >= 15 is 0 Å². The Bertz CT molecular complexity index is 427. The summed E-state index contributed by atoms with van der Waals surface area (Å²) in [4.78, 5) is 0. The number of hydrogen-bond donors (Lipinski definition) is 1. The first-order valence-electron chi connectivity index (χ1n) is 5.74. The van der Waals surface area contributed by atoms with E-state index in [9.17, 15) is 5.11 Å². The molecule has 1 N–H and O–H groups in total. The second kappa shape index (κ2) is 6.81. The van der Waals surface area contributed by atoms with E-state index in [-0.39, 0.29) is 27.0 Å². The number of hydrogen-bond acceptors (Lipinski definition) is 1. The molecule has 0 saturated heterocycles. The summed E-state index contributed by atoms with van der Waals surface area (Å²) in [5, 5.41) is 10.00. The van der Waals surface area contributed by atoms with Crippen LogP contribution in [0.25, 0.3) is 0 Å². The van der Waals surface area contributed by atoms with Crippen LogP contribution in [-0.2, 0) is 6.42 Å². The zero-order valence-corrected chi connectivity index (χ0v) is 12.0. The van der Waals surface area contributed by atoms with Crippen molar-refractivity contribution in [3.63, 3.8) is 0 Å². The van der Waals surface area contributed by atoms with Crippen LogP contribution in [0.15, 0.2) is 60.7 Å². The summed E-state index contributed by atoms with van der Waals surface area (Å²) < 4.78 is 2.37. The van der Waals surface area contributed by atoms with Crippen molar-refractivity contribution >= 4 is 24.5 Å². The van der Waals surface area contributed by atoms with Gasteiger partial charge in [-0.15, -0.1) is 0 Å². The molecule has 88 valence electrons. The van der Waals surface area contributed by atoms with Crippen molar-refractivity contribution in [2.24, 2.45) is 0 Å². The van der Waals surface area contributed by atoms with Gasteiger partial charge in [0.25, 0.3) is 0 Å². The summed E-state index contributed by atoms with van der Waals surface area (Å²) in [5.74, 6) is 0. The third-order valence-corrected chi connectivity index (χ3v) is 5.80. The molecular formula is C15H16OTe. The molecule has 1 unspecified atom stereocenters. The third kappa shape index (κ3) is 4.52. The van der Waals surface area contributed by atoms with Gasteiger partial charge in [-0.05, 0) is 0 Å². The summed E-state index contributed by atoms with van der Waals surface area (Å²) in [7, 11) is 0. The van der Waals surface area contributed by atoms with E-state index in [1.54, 1.807) is 0 Å². The quantitative estimate of drug-likeness (QED) is 0.827. The molecule has 1 atom stereocenters. The maximum absolute atomic E-state index is 10.00. The van der Waals surface area contributed by atoms with E-state index in [1.807, 2.05) is 24.3 Å². The molecule has 2 rings (SSSR count). The first-order valence-corrected chi connectivity index (χ1v) is 8.56. The molecule has 0 heterocycles. The molecule has 0 amide bonds. The fourth-order valence-electron chi connectivity index (χ4n) is 1.65. The van der Waals surface area contributed by atoms with Gasteiger partial charge in [0.1, 0.15) is 0 Å². The van der Waals surface area contributed by atoms with Crippen molar-refractivity contribution in [3.8, 4) is 0 Å². The Morgan fingerprint density at radius 1 is 0.882 bits per heavy atom. The summed E-state index contributed by atoms with van der Waals surface area (Å²) in [5.41, 5.74) is 1.22. The van der Waals surface area contributed by atoms with Gasteiger partial charge in [-0.2, -0.15) is 0 Å². The van der Waals surface area contributed by atoms with Gasteiger partial charge in [0.15, 0.2) is 0 Å². The molecule has 0 spiro atoms. The van der Waals surface area contributed by atoms with E-state index in [4.69, 9.17) is 0 Å². The topological polar surface area (TPSA) is 20.2 Å². The standard InChI is InChI=1S/C15H16OTe/c16-14(11-13-7-3-1-4-8-13)12-17-15-9-5-2-6-10-15/h1-10,14,16H,11-12H2. The van der Waals surface area contributed by atoms with Crippen LogP contribution in [0.4, 0.5) is 0 Å². The van der Waals surface area contributed by atoms with E-state index in [0.717, 1.165) is 10.9 Å². The molecule has 0 aliphatic rings.